The van der Waals surface area contributed by atoms with Crippen LogP contribution in [-0.2, 0) is 4.74 Å². The molecule has 0 bridgehead atoms. The minimum absolute atomic E-state index is 0. The molecular weight excluding hydrogens is 464 g/mol. The van der Waals surface area contributed by atoms with Crippen molar-refractivity contribution in [3.8, 4) is 28.5 Å². The SMILES string of the molecule is Br.CCOC(=O)c1cc2c([nH]c3ccccc32)c(-c2cc(OC)c(OC)c(OC)c2)n1. The van der Waals surface area contributed by atoms with Crippen molar-refractivity contribution in [2.24, 2.45) is 0 Å². The maximum absolute atomic E-state index is 12.5. The lowest BCUT2D eigenvalue weighted by Gasteiger charge is -2.14. The van der Waals surface area contributed by atoms with Gasteiger partial charge in [0, 0.05) is 21.9 Å². The molecule has 2 heterocycles. The standard InChI is InChI=1S/C23H22N2O5.BrH/c1-5-30-23(26)17-12-15-14-8-6-7-9-16(14)24-21(15)20(25-17)13-10-18(27-2)22(29-4)19(11-13)28-3;/h6-12,24H,5H2,1-4H3;1H. The molecular formula is C23H23BrN2O5. The number of H-pyrrole nitrogens is 1. The Balaban J connectivity index is 0.00000272. The Bertz CT molecular complexity index is 1230. The largest absolute Gasteiger partial charge is 0.493 e. The van der Waals surface area contributed by atoms with Gasteiger partial charge >= 0.3 is 5.97 Å². The number of para-hydroxylation sites is 1. The molecule has 31 heavy (non-hydrogen) atoms. The summed E-state index contributed by atoms with van der Waals surface area (Å²) in [6.07, 6.45) is 0. The number of nitrogens with one attached hydrogen (secondary N) is 1. The van der Waals surface area contributed by atoms with Gasteiger partial charge in [0.15, 0.2) is 11.5 Å². The van der Waals surface area contributed by atoms with E-state index in [0.29, 0.717) is 28.5 Å². The van der Waals surface area contributed by atoms with Gasteiger partial charge in [-0.2, -0.15) is 0 Å². The average Bonchev–Trinajstić information content (AvgIpc) is 3.16. The summed E-state index contributed by atoms with van der Waals surface area (Å²) >= 11 is 0. The van der Waals surface area contributed by atoms with E-state index in [1.165, 1.54) is 0 Å². The van der Waals surface area contributed by atoms with Gasteiger partial charge in [-0.15, -0.1) is 17.0 Å². The van der Waals surface area contributed by atoms with E-state index < -0.39 is 5.97 Å². The summed E-state index contributed by atoms with van der Waals surface area (Å²) in [5.41, 5.74) is 3.29. The van der Waals surface area contributed by atoms with Crippen molar-refractivity contribution in [1.29, 1.82) is 0 Å². The van der Waals surface area contributed by atoms with E-state index in [9.17, 15) is 4.79 Å². The number of carbonyl (C=O) groups excluding carboxylic acids is 1. The highest BCUT2D eigenvalue weighted by molar-refractivity contribution is 8.93. The van der Waals surface area contributed by atoms with E-state index in [0.717, 1.165) is 21.8 Å². The number of esters is 1. The van der Waals surface area contributed by atoms with Crippen LogP contribution in [0.4, 0.5) is 0 Å². The molecule has 0 aliphatic carbocycles. The molecule has 0 spiro atoms. The van der Waals surface area contributed by atoms with E-state index in [2.05, 4.69) is 9.97 Å². The number of halogens is 1. The summed E-state index contributed by atoms with van der Waals surface area (Å²) in [6, 6.07) is 13.3. The van der Waals surface area contributed by atoms with Crippen molar-refractivity contribution in [2.75, 3.05) is 27.9 Å². The Morgan fingerprint density at radius 1 is 0.968 bits per heavy atom. The molecule has 4 rings (SSSR count). The number of pyridine rings is 1. The van der Waals surface area contributed by atoms with Crippen LogP contribution in [0.2, 0.25) is 0 Å². The number of fused-ring (bicyclic) bond motifs is 3. The summed E-state index contributed by atoms with van der Waals surface area (Å²) in [7, 11) is 4.67. The number of hydrogen-bond donors (Lipinski definition) is 1. The summed E-state index contributed by atoms with van der Waals surface area (Å²) in [5.74, 6) is 1.01. The molecule has 2 aromatic heterocycles. The number of aromatic nitrogens is 2. The predicted octanol–water partition coefficient (Wildman–Crippen LogP) is 5.16. The van der Waals surface area contributed by atoms with Gasteiger partial charge in [-0.1, -0.05) is 18.2 Å². The lowest BCUT2D eigenvalue weighted by atomic mass is 10.1. The van der Waals surface area contributed by atoms with Crippen molar-refractivity contribution in [1.82, 2.24) is 9.97 Å². The minimum Gasteiger partial charge on any atom is -0.493 e. The highest BCUT2D eigenvalue weighted by Crippen LogP contribution is 2.42. The van der Waals surface area contributed by atoms with E-state index in [4.69, 9.17) is 18.9 Å². The molecule has 0 aliphatic rings. The average molecular weight is 487 g/mol. The second kappa shape index (κ2) is 9.26. The molecule has 0 atom stereocenters. The van der Waals surface area contributed by atoms with Gasteiger partial charge in [-0.25, -0.2) is 9.78 Å². The molecule has 2 aromatic carbocycles. The van der Waals surface area contributed by atoms with Crippen LogP contribution in [0, 0.1) is 0 Å². The van der Waals surface area contributed by atoms with Gasteiger partial charge in [-0.05, 0) is 31.2 Å². The van der Waals surface area contributed by atoms with Crippen molar-refractivity contribution >= 4 is 44.8 Å². The molecule has 0 saturated heterocycles. The molecule has 0 aliphatic heterocycles. The van der Waals surface area contributed by atoms with Crippen LogP contribution < -0.4 is 14.2 Å². The molecule has 162 valence electrons. The summed E-state index contributed by atoms with van der Waals surface area (Å²) in [6.45, 7) is 2.04. The minimum atomic E-state index is -0.474. The fourth-order valence-electron chi connectivity index (χ4n) is 3.58. The smallest absolute Gasteiger partial charge is 0.356 e. The van der Waals surface area contributed by atoms with Crippen molar-refractivity contribution in [2.45, 2.75) is 6.92 Å². The first-order valence-corrected chi connectivity index (χ1v) is 9.50. The molecule has 0 unspecified atom stereocenters. The van der Waals surface area contributed by atoms with Gasteiger partial charge in [0.25, 0.3) is 0 Å². The Morgan fingerprint density at radius 2 is 1.65 bits per heavy atom. The molecule has 7 nitrogen and oxygen atoms in total. The third-order valence-electron chi connectivity index (χ3n) is 4.92. The van der Waals surface area contributed by atoms with Gasteiger partial charge in [0.1, 0.15) is 5.69 Å². The zero-order valence-corrected chi connectivity index (χ0v) is 19.4. The third-order valence-corrected chi connectivity index (χ3v) is 4.92. The molecule has 8 heteroatoms. The van der Waals surface area contributed by atoms with Gasteiger partial charge in [-0.3, -0.25) is 0 Å². The molecule has 0 radical (unpaired) electrons. The van der Waals surface area contributed by atoms with Crippen LogP contribution in [0.3, 0.4) is 0 Å². The highest BCUT2D eigenvalue weighted by Gasteiger charge is 2.21. The maximum Gasteiger partial charge on any atom is 0.356 e. The number of nitrogens with zero attached hydrogens (tertiary/aromatic N) is 1. The lowest BCUT2D eigenvalue weighted by Crippen LogP contribution is -2.08. The number of aromatic amines is 1. The van der Waals surface area contributed by atoms with Crippen molar-refractivity contribution < 1.29 is 23.7 Å². The Kier molecular flexibility index (Phi) is 6.70. The topological polar surface area (TPSA) is 82.7 Å². The number of methoxy groups -OCH3 is 3. The van der Waals surface area contributed by atoms with Gasteiger partial charge in [0.2, 0.25) is 5.75 Å². The second-order valence-corrected chi connectivity index (χ2v) is 6.58. The molecule has 1 N–H and O–H groups in total. The van der Waals surface area contributed by atoms with E-state index in [1.807, 2.05) is 36.4 Å². The number of carbonyl (C=O) groups is 1. The number of hydrogen-bond acceptors (Lipinski definition) is 6. The Morgan fingerprint density at radius 3 is 2.26 bits per heavy atom. The van der Waals surface area contributed by atoms with Crippen molar-refractivity contribution in [3.05, 3.63) is 48.2 Å². The van der Waals surface area contributed by atoms with Gasteiger partial charge in [0.05, 0.1) is 39.1 Å². The normalized spacial score (nSPS) is 10.6. The van der Waals surface area contributed by atoms with Crippen LogP contribution in [0.25, 0.3) is 33.1 Å². The Hall–Kier alpha value is -3.26. The van der Waals surface area contributed by atoms with Crippen LogP contribution in [0.5, 0.6) is 17.2 Å². The number of benzene rings is 2. The van der Waals surface area contributed by atoms with Gasteiger partial charge < -0.3 is 23.9 Å². The quantitative estimate of drug-likeness (QED) is 0.378. The highest BCUT2D eigenvalue weighted by atomic mass is 79.9. The van der Waals surface area contributed by atoms with Crippen molar-refractivity contribution in [3.63, 3.8) is 0 Å². The first kappa shape index (κ1) is 22.4. The maximum atomic E-state index is 12.5. The zero-order chi connectivity index (χ0) is 21.3. The lowest BCUT2D eigenvalue weighted by molar-refractivity contribution is 0.0520. The monoisotopic (exact) mass is 486 g/mol. The fraction of sp³-hybridized carbons (Fsp3) is 0.217. The van der Waals surface area contributed by atoms with Crippen LogP contribution in [-0.4, -0.2) is 43.9 Å². The third kappa shape index (κ3) is 3.90. The summed E-state index contributed by atoms with van der Waals surface area (Å²) in [5, 5.41) is 1.88. The first-order chi connectivity index (χ1) is 14.6. The van der Waals surface area contributed by atoms with Crippen LogP contribution in [0.15, 0.2) is 42.5 Å². The van der Waals surface area contributed by atoms with E-state index in [1.54, 1.807) is 34.3 Å². The van der Waals surface area contributed by atoms with E-state index in [-0.39, 0.29) is 29.3 Å². The Labute approximate surface area is 190 Å². The first-order valence-electron chi connectivity index (χ1n) is 9.50. The number of rotatable bonds is 6. The second-order valence-electron chi connectivity index (χ2n) is 6.58. The predicted molar refractivity (Wildman–Crippen MR) is 125 cm³/mol. The van der Waals surface area contributed by atoms with Crippen LogP contribution >= 0.6 is 17.0 Å². The summed E-state index contributed by atoms with van der Waals surface area (Å²) in [4.78, 5) is 20.6. The molecule has 0 saturated carbocycles. The fourth-order valence-corrected chi connectivity index (χ4v) is 3.58. The molecule has 4 aromatic rings. The van der Waals surface area contributed by atoms with E-state index >= 15 is 0 Å². The molecule has 0 fully saturated rings. The van der Waals surface area contributed by atoms with Crippen LogP contribution in [0.1, 0.15) is 17.4 Å². The number of ether oxygens (including phenoxy) is 4. The summed E-state index contributed by atoms with van der Waals surface area (Å²) < 4.78 is 21.6. The molecule has 0 amide bonds. The zero-order valence-electron chi connectivity index (χ0n) is 17.6.